The van der Waals surface area contributed by atoms with Gasteiger partial charge in [-0.05, 0) is 18.3 Å². The Balaban J connectivity index is 1.52. The van der Waals surface area contributed by atoms with E-state index in [0.717, 1.165) is 23.2 Å². The lowest BCUT2D eigenvalue weighted by Crippen LogP contribution is -2.50. The number of halogens is 2. The van der Waals surface area contributed by atoms with E-state index in [1.165, 1.54) is 11.9 Å². The molecule has 0 aromatic carbocycles. The smallest absolute Gasteiger partial charge is 0.281 e. The first kappa shape index (κ1) is 24.2. The number of aliphatic hydroxyl groups is 1. The predicted molar refractivity (Wildman–Crippen MR) is 114 cm³/mol. The fourth-order valence-electron chi connectivity index (χ4n) is 4.42. The van der Waals surface area contributed by atoms with E-state index in [0.29, 0.717) is 5.92 Å². The van der Waals surface area contributed by atoms with Crippen LogP contribution in [-0.4, -0.2) is 70.5 Å². The van der Waals surface area contributed by atoms with Crippen LogP contribution in [0.2, 0.25) is 0 Å². The number of β-amino-alcohol motifs (C(OH)–C–C–N with tert-alkyl or cyclic N) is 1. The first-order valence-electron chi connectivity index (χ1n) is 11.3. The Morgan fingerprint density at radius 1 is 1.24 bits per heavy atom. The first-order valence-corrected chi connectivity index (χ1v) is 11.3. The van der Waals surface area contributed by atoms with Gasteiger partial charge in [0, 0.05) is 32.1 Å². The summed E-state index contributed by atoms with van der Waals surface area (Å²) in [5.74, 6) is -0.541. The van der Waals surface area contributed by atoms with Crippen LogP contribution in [0.15, 0.2) is 6.20 Å². The number of hydrogen-bond acceptors (Lipinski definition) is 7. The largest absolute Gasteiger partial charge is 0.391 e. The van der Waals surface area contributed by atoms with Gasteiger partial charge in [0.15, 0.2) is 0 Å². The Hall–Kier alpha value is -2.96. The number of carbonyl (C=O) groups is 2. The van der Waals surface area contributed by atoms with E-state index in [2.05, 4.69) is 25.9 Å². The van der Waals surface area contributed by atoms with E-state index in [-0.39, 0.29) is 36.8 Å². The maximum atomic E-state index is 13.7. The molecule has 186 valence electrons. The quantitative estimate of drug-likeness (QED) is 0.606. The molecule has 2 fully saturated rings. The number of rotatable bonds is 7. The molecule has 1 saturated heterocycles. The molecule has 2 amide bonds. The highest BCUT2D eigenvalue weighted by Gasteiger charge is 2.45. The number of aryl methyl sites for hydroxylation is 1. The molecule has 34 heavy (non-hydrogen) atoms. The fraction of sp³-hybridized carbons (Fsp3) is 0.714. The van der Waals surface area contributed by atoms with Gasteiger partial charge in [0.25, 0.3) is 6.43 Å². The minimum Gasteiger partial charge on any atom is -0.391 e. The monoisotopic (exact) mass is 480 g/mol. The van der Waals surface area contributed by atoms with Gasteiger partial charge in [-0.25, -0.2) is 18.1 Å². The standard InChI is InChI=1S/C21H30F2N8O3/c1-21(2,3)17(31-10-14(26-28-31)11-5-6-11)20(34)30-9-12(32)7-15(30)19(33)24-8-13-16(18(22)23)29(4)27-25-13/h10-12,15,17-18,32H,5-9H2,1-4H3,(H,24,33)/t12-,15+,17-/m1/s1. The molecule has 0 radical (unpaired) electrons. The van der Waals surface area contributed by atoms with Crippen LogP contribution in [0.3, 0.4) is 0 Å². The van der Waals surface area contributed by atoms with E-state index in [4.69, 9.17) is 0 Å². The molecule has 0 bridgehead atoms. The molecule has 1 aliphatic heterocycles. The fourth-order valence-corrected chi connectivity index (χ4v) is 4.42. The summed E-state index contributed by atoms with van der Waals surface area (Å²) in [5.41, 5.74) is -0.141. The zero-order chi connectivity index (χ0) is 24.8. The molecule has 1 saturated carbocycles. The molecule has 13 heteroatoms. The van der Waals surface area contributed by atoms with Crippen LogP contribution in [0.4, 0.5) is 8.78 Å². The van der Waals surface area contributed by atoms with Gasteiger partial charge in [0.1, 0.15) is 23.5 Å². The van der Waals surface area contributed by atoms with Crippen LogP contribution in [0.25, 0.3) is 0 Å². The third kappa shape index (κ3) is 4.79. The second-order valence-electron chi connectivity index (χ2n) is 10.1. The molecule has 2 N–H and O–H groups in total. The second kappa shape index (κ2) is 9.01. The molecular formula is C21H30F2N8O3. The van der Waals surface area contributed by atoms with Gasteiger partial charge in [-0.15, -0.1) is 10.2 Å². The maximum absolute atomic E-state index is 13.7. The van der Waals surface area contributed by atoms with Crippen molar-refractivity contribution in [1.29, 1.82) is 0 Å². The highest BCUT2D eigenvalue weighted by molar-refractivity contribution is 5.90. The lowest BCUT2D eigenvalue weighted by atomic mass is 9.85. The molecule has 3 atom stereocenters. The van der Waals surface area contributed by atoms with Gasteiger partial charge in [0.05, 0.1) is 18.3 Å². The first-order chi connectivity index (χ1) is 16.0. The van der Waals surface area contributed by atoms with Crippen molar-refractivity contribution in [2.75, 3.05) is 6.54 Å². The topological polar surface area (TPSA) is 131 Å². The number of aromatic nitrogens is 6. The molecule has 0 unspecified atom stereocenters. The van der Waals surface area contributed by atoms with Crippen LogP contribution in [0.5, 0.6) is 0 Å². The second-order valence-corrected chi connectivity index (χ2v) is 10.1. The van der Waals surface area contributed by atoms with E-state index in [1.807, 2.05) is 20.8 Å². The molecule has 3 heterocycles. The minimum atomic E-state index is -2.80. The van der Waals surface area contributed by atoms with Crippen LogP contribution in [-0.2, 0) is 23.2 Å². The van der Waals surface area contributed by atoms with Gasteiger partial charge in [-0.1, -0.05) is 31.2 Å². The third-order valence-electron chi connectivity index (χ3n) is 6.29. The zero-order valence-electron chi connectivity index (χ0n) is 19.6. The van der Waals surface area contributed by atoms with Gasteiger partial charge in [-0.2, -0.15) is 0 Å². The third-order valence-corrected chi connectivity index (χ3v) is 6.29. The van der Waals surface area contributed by atoms with Crippen molar-refractivity contribution >= 4 is 11.8 Å². The van der Waals surface area contributed by atoms with Gasteiger partial charge in [0.2, 0.25) is 11.8 Å². The molecule has 0 spiro atoms. The van der Waals surface area contributed by atoms with Crippen molar-refractivity contribution in [2.45, 2.75) is 77.1 Å². The van der Waals surface area contributed by atoms with Crippen LogP contribution in [0, 0.1) is 5.41 Å². The Morgan fingerprint density at radius 3 is 2.56 bits per heavy atom. The number of likely N-dealkylation sites (tertiary alicyclic amines) is 1. The number of hydrogen-bond donors (Lipinski definition) is 2. The average Bonchev–Trinajstić information content (AvgIpc) is 3.16. The molecule has 2 aromatic heterocycles. The van der Waals surface area contributed by atoms with Crippen molar-refractivity contribution in [3.8, 4) is 0 Å². The van der Waals surface area contributed by atoms with Crippen molar-refractivity contribution in [2.24, 2.45) is 12.5 Å². The summed E-state index contributed by atoms with van der Waals surface area (Å²) in [5, 5.41) is 28.5. The lowest BCUT2D eigenvalue weighted by Gasteiger charge is -2.34. The SMILES string of the molecule is Cn1nnc(CNC(=O)[C@@H]2C[C@@H](O)CN2C(=O)[C@@H](n2cc(C3CC3)nn2)C(C)(C)C)c1C(F)F. The number of aliphatic hydroxyl groups excluding tert-OH is 1. The summed E-state index contributed by atoms with van der Waals surface area (Å²) in [7, 11) is 1.35. The highest BCUT2D eigenvalue weighted by atomic mass is 19.3. The Morgan fingerprint density at radius 2 is 1.94 bits per heavy atom. The van der Waals surface area contributed by atoms with E-state index < -0.39 is 35.9 Å². The maximum Gasteiger partial charge on any atom is 0.281 e. The van der Waals surface area contributed by atoms with Gasteiger partial charge >= 0.3 is 0 Å². The number of nitrogens with one attached hydrogen (secondary N) is 1. The van der Waals surface area contributed by atoms with Crippen LogP contribution < -0.4 is 5.32 Å². The summed E-state index contributed by atoms with van der Waals surface area (Å²) in [6.45, 7) is 5.42. The van der Waals surface area contributed by atoms with E-state index >= 15 is 0 Å². The van der Waals surface area contributed by atoms with Crippen LogP contribution in [0.1, 0.15) is 75.5 Å². The Labute approximate surface area is 195 Å². The average molecular weight is 481 g/mol. The molecule has 2 aromatic rings. The lowest BCUT2D eigenvalue weighted by molar-refractivity contribution is -0.144. The molecule has 1 aliphatic carbocycles. The molecule has 11 nitrogen and oxygen atoms in total. The highest BCUT2D eigenvalue weighted by Crippen LogP contribution is 2.40. The van der Waals surface area contributed by atoms with Crippen molar-refractivity contribution in [3.63, 3.8) is 0 Å². The van der Waals surface area contributed by atoms with Crippen LogP contribution >= 0.6 is 0 Å². The minimum absolute atomic E-state index is 0.0128. The number of alkyl halides is 2. The van der Waals surface area contributed by atoms with Crippen molar-refractivity contribution < 1.29 is 23.5 Å². The number of amides is 2. The number of nitrogens with zero attached hydrogens (tertiary/aromatic N) is 7. The Bertz CT molecular complexity index is 1060. The Kier molecular flexibility index (Phi) is 6.40. The molecule has 2 aliphatic rings. The van der Waals surface area contributed by atoms with Gasteiger partial charge < -0.3 is 15.3 Å². The molecule has 4 rings (SSSR count). The summed E-state index contributed by atoms with van der Waals surface area (Å²) < 4.78 is 29.0. The zero-order valence-corrected chi connectivity index (χ0v) is 19.6. The van der Waals surface area contributed by atoms with E-state index in [1.54, 1.807) is 10.9 Å². The van der Waals surface area contributed by atoms with Crippen molar-refractivity contribution in [1.82, 2.24) is 40.2 Å². The summed E-state index contributed by atoms with van der Waals surface area (Å²) in [4.78, 5) is 28.0. The molecular weight excluding hydrogens is 450 g/mol. The number of carbonyl (C=O) groups excluding carboxylic acids is 2. The predicted octanol–water partition coefficient (Wildman–Crippen LogP) is 1.09. The summed E-state index contributed by atoms with van der Waals surface area (Å²) in [6, 6.07) is -1.69. The summed E-state index contributed by atoms with van der Waals surface area (Å²) in [6.07, 6.45) is 0.243. The summed E-state index contributed by atoms with van der Waals surface area (Å²) >= 11 is 0. The van der Waals surface area contributed by atoms with Crippen molar-refractivity contribution in [3.05, 3.63) is 23.3 Å². The normalized spacial score (nSPS) is 21.8. The van der Waals surface area contributed by atoms with Gasteiger partial charge in [-0.3, -0.25) is 9.59 Å². The van der Waals surface area contributed by atoms with E-state index in [9.17, 15) is 23.5 Å².